The van der Waals surface area contributed by atoms with Crippen molar-refractivity contribution < 1.29 is 39.1 Å². The fourth-order valence-electron chi connectivity index (χ4n) is 7.64. The molecule has 0 saturated heterocycles. The lowest BCUT2D eigenvalue weighted by Gasteiger charge is -2.12. The van der Waals surface area contributed by atoms with Crippen LogP contribution in [-0.2, 0) is 0 Å². The molecule has 0 unspecified atom stereocenters. The number of imide groups is 2. The largest absolute Gasteiger partial charge is 0.508 e. The number of phenolic OH excluding ortho intramolecular Hbond substituents is 2. The summed E-state index contributed by atoms with van der Waals surface area (Å²) in [5.74, 6) is -1.34. The molecule has 0 spiro atoms. The van der Waals surface area contributed by atoms with Gasteiger partial charge in [-0.3, -0.25) is 39.9 Å². The zero-order valence-corrected chi connectivity index (χ0v) is 28.4. The molecule has 6 aromatic carbocycles. The number of rotatable bonds is 4. The van der Waals surface area contributed by atoms with Gasteiger partial charge in [-0.25, -0.2) is 0 Å². The minimum absolute atomic E-state index is 0.0228. The van der Waals surface area contributed by atoms with Gasteiger partial charge in [0.2, 0.25) is 0 Å². The van der Waals surface area contributed by atoms with Crippen molar-refractivity contribution in [1.82, 2.24) is 20.6 Å². The Morgan fingerprint density at radius 2 is 1.00 bits per heavy atom. The van der Waals surface area contributed by atoms with Crippen LogP contribution < -0.4 is 15.4 Å². The van der Waals surface area contributed by atoms with Gasteiger partial charge in [0.1, 0.15) is 17.2 Å². The molecular weight excluding hydrogens is 706 g/mol. The number of nitrogens with one attached hydrogen (secondary N) is 4. The molecule has 0 aliphatic carbocycles. The van der Waals surface area contributed by atoms with Gasteiger partial charge >= 0.3 is 0 Å². The van der Waals surface area contributed by atoms with Crippen molar-refractivity contribution >= 4 is 72.9 Å². The van der Waals surface area contributed by atoms with E-state index < -0.39 is 28.6 Å². The first-order chi connectivity index (χ1) is 26.5. The Balaban J connectivity index is 0.000000144. The third-order valence-electron chi connectivity index (χ3n) is 9.89. The Bertz CT molecular complexity index is 3070. The summed E-state index contributed by atoms with van der Waals surface area (Å²) in [7, 11) is 1.56. The molecule has 0 bridgehead atoms. The smallest absolute Gasteiger partial charge is 0.277 e. The van der Waals surface area contributed by atoms with Crippen LogP contribution in [0.4, 0.5) is 5.69 Å². The average molecular weight is 732 g/mol. The molecule has 2 aromatic heterocycles. The number of para-hydroxylation sites is 2. The third-order valence-corrected chi connectivity index (χ3v) is 9.89. The quantitative estimate of drug-likeness (QED) is 0.0619. The third kappa shape index (κ3) is 4.96. The van der Waals surface area contributed by atoms with E-state index in [2.05, 4.69) is 20.6 Å². The van der Waals surface area contributed by atoms with Crippen molar-refractivity contribution in [3.63, 3.8) is 0 Å². The summed E-state index contributed by atoms with van der Waals surface area (Å²) < 4.78 is 5.45. The van der Waals surface area contributed by atoms with Crippen LogP contribution in [0.3, 0.4) is 0 Å². The van der Waals surface area contributed by atoms with Crippen LogP contribution in [0.5, 0.6) is 17.2 Å². The van der Waals surface area contributed by atoms with E-state index in [9.17, 15) is 39.5 Å². The maximum atomic E-state index is 12.6. The van der Waals surface area contributed by atoms with E-state index in [0.717, 1.165) is 11.1 Å². The standard InChI is InChI=1S/C21H14N2O4.C20H11N3O5/c1-27-16-5-3-2-4-11(16)12-9-15-17(19-18(12)20(25)23-21(19)26)13-8-10(24)6-7-14(13)22-15;24-9-5-6-13-12(7-9)16-14(21-13)8-11(17-18(16)20(26)22-19(17)25)10-3-1-2-4-15(10)23(27)28/h2-9,22,24H,1H3,(H,23,25,26);1-8,21,24H,(H,22,25,26). The summed E-state index contributed by atoms with van der Waals surface area (Å²) in [4.78, 5) is 67.7. The van der Waals surface area contributed by atoms with Crippen LogP contribution >= 0.6 is 0 Å². The number of hydrogen-bond donors (Lipinski definition) is 6. The van der Waals surface area contributed by atoms with Crippen LogP contribution in [0.15, 0.2) is 97.1 Å². The van der Waals surface area contributed by atoms with E-state index in [-0.39, 0.29) is 33.9 Å². The van der Waals surface area contributed by atoms with E-state index in [1.54, 1.807) is 49.6 Å². The molecule has 8 aromatic rings. The molecule has 0 saturated carbocycles. The molecule has 4 amide bonds. The molecular formula is C41H25N5O9. The molecule has 55 heavy (non-hydrogen) atoms. The topological polar surface area (TPSA) is 217 Å². The Morgan fingerprint density at radius 1 is 0.545 bits per heavy atom. The first-order valence-electron chi connectivity index (χ1n) is 16.8. The summed E-state index contributed by atoms with van der Waals surface area (Å²) >= 11 is 0. The monoisotopic (exact) mass is 731 g/mol. The highest BCUT2D eigenvalue weighted by Crippen LogP contribution is 2.43. The molecule has 14 nitrogen and oxygen atoms in total. The highest BCUT2D eigenvalue weighted by atomic mass is 16.6. The average Bonchev–Trinajstić information content (AvgIpc) is 3.90. The lowest BCUT2D eigenvalue weighted by atomic mass is 9.92. The van der Waals surface area contributed by atoms with Crippen LogP contribution in [0.1, 0.15) is 41.4 Å². The number of fused-ring (bicyclic) bond motifs is 10. The number of aromatic amines is 2. The van der Waals surface area contributed by atoms with Crippen molar-refractivity contribution in [2.75, 3.05) is 7.11 Å². The van der Waals surface area contributed by atoms with Gasteiger partial charge < -0.3 is 24.9 Å². The minimum Gasteiger partial charge on any atom is -0.508 e. The van der Waals surface area contributed by atoms with Gasteiger partial charge in [0.05, 0.1) is 39.9 Å². The Morgan fingerprint density at radius 3 is 1.51 bits per heavy atom. The van der Waals surface area contributed by atoms with Crippen LogP contribution in [0, 0.1) is 10.1 Å². The number of carbonyl (C=O) groups excluding carboxylic acids is 4. The number of H-pyrrole nitrogens is 2. The molecule has 0 radical (unpaired) electrons. The molecule has 0 fully saturated rings. The lowest BCUT2D eigenvalue weighted by Crippen LogP contribution is -2.20. The number of hydrogen-bond acceptors (Lipinski definition) is 9. The number of nitro benzene ring substituents is 1. The zero-order valence-electron chi connectivity index (χ0n) is 28.4. The number of benzene rings is 6. The van der Waals surface area contributed by atoms with Crippen LogP contribution in [-0.4, -0.2) is 55.8 Å². The van der Waals surface area contributed by atoms with Crippen molar-refractivity contribution in [1.29, 1.82) is 0 Å². The number of methoxy groups -OCH3 is 1. The molecule has 268 valence electrons. The summed E-state index contributed by atoms with van der Waals surface area (Å²) in [5, 5.41) is 38.3. The number of nitro groups is 1. The summed E-state index contributed by atoms with van der Waals surface area (Å²) in [6.07, 6.45) is 0. The number of ether oxygens (including phenoxy) is 1. The maximum absolute atomic E-state index is 12.6. The van der Waals surface area contributed by atoms with Crippen molar-refractivity contribution in [2.24, 2.45) is 0 Å². The first kappa shape index (κ1) is 32.9. The normalized spacial score (nSPS) is 13.2. The van der Waals surface area contributed by atoms with Gasteiger partial charge in [-0.15, -0.1) is 0 Å². The summed E-state index contributed by atoms with van der Waals surface area (Å²) in [6.45, 7) is 0. The van der Waals surface area contributed by atoms with Crippen LogP contribution in [0.25, 0.3) is 65.9 Å². The number of phenols is 2. The van der Waals surface area contributed by atoms with Gasteiger partial charge in [0.15, 0.2) is 0 Å². The van der Waals surface area contributed by atoms with E-state index >= 15 is 0 Å². The number of amides is 4. The Labute approximate surface area is 308 Å². The molecule has 4 heterocycles. The van der Waals surface area contributed by atoms with E-state index in [4.69, 9.17) is 4.74 Å². The fourth-order valence-corrected chi connectivity index (χ4v) is 7.64. The van der Waals surface area contributed by atoms with E-state index in [1.807, 2.05) is 30.3 Å². The predicted octanol–water partition coefficient (Wildman–Crippen LogP) is 7.07. The fraction of sp³-hybridized carbons (Fsp3) is 0.0244. The van der Waals surface area contributed by atoms with Gasteiger partial charge in [0, 0.05) is 66.4 Å². The van der Waals surface area contributed by atoms with Gasteiger partial charge in [0.25, 0.3) is 29.3 Å². The molecule has 6 N–H and O–H groups in total. The first-order valence-corrected chi connectivity index (χ1v) is 16.8. The summed E-state index contributed by atoms with van der Waals surface area (Å²) in [6, 6.07) is 26.5. The van der Waals surface area contributed by atoms with Gasteiger partial charge in [-0.05, 0) is 60.7 Å². The molecule has 10 rings (SSSR count). The molecule has 2 aliphatic heterocycles. The Hall–Kier alpha value is -8.00. The number of carbonyl (C=O) groups is 4. The molecule has 2 aliphatic rings. The minimum atomic E-state index is -0.607. The highest BCUT2D eigenvalue weighted by Gasteiger charge is 2.36. The second kappa shape index (κ2) is 12.0. The van der Waals surface area contributed by atoms with E-state index in [0.29, 0.717) is 66.1 Å². The lowest BCUT2D eigenvalue weighted by molar-refractivity contribution is -0.384. The van der Waals surface area contributed by atoms with Gasteiger partial charge in [-0.1, -0.05) is 30.3 Å². The maximum Gasteiger partial charge on any atom is 0.277 e. The van der Waals surface area contributed by atoms with Crippen molar-refractivity contribution in [3.05, 3.63) is 129 Å². The Kier molecular flexibility index (Phi) is 7.19. The SMILES string of the molecule is COc1ccccc1-c1cc2[nH]c3ccc(O)cc3c2c2c1C(=O)NC2=O.O=C1NC(=O)c2c1c(-c1ccccc1[N+](=O)[O-])cc1[nH]c3ccc(O)cc3c21. The predicted molar refractivity (Wildman–Crippen MR) is 203 cm³/mol. The summed E-state index contributed by atoms with van der Waals surface area (Å²) in [5.41, 5.74) is 5.29. The molecule has 0 atom stereocenters. The molecule has 14 heteroatoms. The van der Waals surface area contributed by atoms with Gasteiger partial charge in [-0.2, -0.15) is 0 Å². The van der Waals surface area contributed by atoms with E-state index in [1.165, 1.54) is 24.3 Å². The highest BCUT2D eigenvalue weighted by molar-refractivity contribution is 6.33. The zero-order chi connectivity index (χ0) is 38.3. The number of aromatic nitrogens is 2. The second-order valence-electron chi connectivity index (χ2n) is 12.9. The van der Waals surface area contributed by atoms with Crippen molar-refractivity contribution in [2.45, 2.75) is 0 Å². The number of nitrogens with zero attached hydrogens (tertiary/aromatic N) is 1. The second-order valence-corrected chi connectivity index (χ2v) is 12.9. The number of aromatic hydroxyl groups is 2. The van der Waals surface area contributed by atoms with Crippen molar-refractivity contribution in [3.8, 4) is 39.5 Å². The van der Waals surface area contributed by atoms with Crippen LogP contribution in [0.2, 0.25) is 0 Å².